The number of ether oxygens (including phenoxy) is 1. The first-order valence-electron chi connectivity index (χ1n) is 7.10. The lowest BCUT2D eigenvalue weighted by Gasteiger charge is -2.10. The van der Waals surface area contributed by atoms with Gasteiger partial charge in [-0.3, -0.25) is 0 Å². The van der Waals surface area contributed by atoms with Gasteiger partial charge in [-0.1, -0.05) is 42.8 Å². The molecule has 3 nitrogen and oxygen atoms in total. The Morgan fingerprint density at radius 2 is 1.95 bits per heavy atom. The van der Waals surface area contributed by atoms with Crippen LogP contribution in [-0.4, -0.2) is 0 Å². The number of fused-ring (bicyclic) bond motifs is 1. The van der Waals surface area contributed by atoms with Crippen molar-refractivity contribution in [3.05, 3.63) is 75.1 Å². The SMILES string of the molecule is CCc1ccc2c(COc3ccccc3Cl)cc(=O)oc2c1. The molecule has 0 fully saturated rings. The second kappa shape index (κ2) is 6.24. The molecule has 0 bridgehead atoms. The summed E-state index contributed by atoms with van der Waals surface area (Å²) < 4.78 is 11.0. The molecule has 0 saturated heterocycles. The van der Waals surface area contributed by atoms with E-state index in [-0.39, 0.29) is 12.2 Å². The average Bonchev–Trinajstić information content (AvgIpc) is 2.53. The lowest BCUT2D eigenvalue weighted by atomic mass is 10.1. The molecule has 0 unspecified atom stereocenters. The van der Waals surface area contributed by atoms with E-state index < -0.39 is 0 Å². The van der Waals surface area contributed by atoms with Crippen molar-refractivity contribution < 1.29 is 9.15 Å². The van der Waals surface area contributed by atoms with Gasteiger partial charge in [0.2, 0.25) is 0 Å². The van der Waals surface area contributed by atoms with Gasteiger partial charge in [0.1, 0.15) is 17.9 Å². The predicted molar refractivity (Wildman–Crippen MR) is 87.6 cm³/mol. The summed E-state index contributed by atoms with van der Waals surface area (Å²) >= 11 is 6.07. The second-order valence-electron chi connectivity index (χ2n) is 4.99. The maximum absolute atomic E-state index is 11.7. The molecule has 0 atom stereocenters. The van der Waals surface area contributed by atoms with Gasteiger partial charge in [-0.15, -0.1) is 0 Å². The maximum atomic E-state index is 11.7. The summed E-state index contributed by atoms with van der Waals surface area (Å²) in [5.74, 6) is 0.593. The van der Waals surface area contributed by atoms with Crippen molar-refractivity contribution in [2.45, 2.75) is 20.0 Å². The second-order valence-corrected chi connectivity index (χ2v) is 5.40. The third-order valence-electron chi connectivity index (χ3n) is 3.52. The number of rotatable bonds is 4. The summed E-state index contributed by atoms with van der Waals surface area (Å²) in [6.45, 7) is 2.32. The molecule has 0 amide bonds. The Balaban J connectivity index is 1.96. The first-order valence-corrected chi connectivity index (χ1v) is 7.48. The fourth-order valence-electron chi connectivity index (χ4n) is 2.33. The fraction of sp³-hybridized carbons (Fsp3) is 0.167. The van der Waals surface area contributed by atoms with Gasteiger partial charge in [0.25, 0.3) is 0 Å². The van der Waals surface area contributed by atoms with Crippen molar-refractivity contribution in [1.29, 1.82) is 0 Å². The molecule has 1 aromatic heterocycles. The summed E-state index contributed by atoms with van der Waals surface area (Å²) in [5, 5.41) is 1.42. The van der Waals surface area contributed by atoms with E-state index in [9.17, 15) is 4.79 Å². The van der Waals surface area contributed by atoms with E-state index in [4.69, 9.17) is 20.8 Å². The molecule has 0 radical (unpaired) electrons. The van der Waals surface area contributed by atoms with E-state index in [1.54, 1.807) is 12.1 Å². The van der Waals surface area contributed by atoms with Crippen molar-refractivity contribution in [1.82, 2.24) is 0 Å². The van der Waals surface area contributed by atoms with Crippen molar-refractivity contribution in [3.63, 3.8) is 0 Å². The molecule has 0 N–H and O–H groups in total. The van der Waals surface area contributed by atoms with Crippen LogP contribution in [-0.2, 0) is 13.0 Å². The van der Waals surface area contributed by atoms with Gasteiger partial charge >= 0.3 is 5.63 Å². The highest BCUT2D eigenvalue weighted by Gasteiger charge is 2.08. The van der Waals surface area contributed by atoms with Crippen LogP contribution < -0.4 is 10.4 Å². The number of aryl methyl sites for hydroxylation is 1. The lowest BCUT2D eigenvalue weighted by Crippen LogP contribution is -2.04. The van der Waals surface area contributed by atoms with Gasteiger partial charge in [0, 0.05) is 17.0 Å². The normalized spacial score (nSPS) is 10.8. The molecule has 1 heterocycles. The molecule has 0 aliphatic carbocycles. The first-order chi connectivity index (χ1) is 10.7. The largest absolute Gasteiger partial charge is 0.487 e. The Hall–Kier alpha value is -2.26. The van der Waals surface area contributed by atoms with E-state index in [1.165, 1.54) is 6.07 Å². The van der Waals surface area contributed by atoms with Crippen molar-refractivity contribution in [2.24, 2.45) is 0 Å². The molecule has 0 saturated carbocycles. The van der Waals surface area contributed by atoms with Crippen molar-refractivity contribution >= 4 is 22.6 Å². The highest BCUT2D eigenvalue weighted by atomic mass is 35.5. The monoisotopic (exact) mass is 314 g/mol. The third-order valence-corrected chi connectivity index (χ3v) is 3.83. The summed E-state index contributed by atoms with van der Waals surface area (Å²) in [4.78, 5) is 11.7. The zero-order valence-electron chi connectivity index (χ0n) is 12.1. The standard InChI is InChI=1S/C18H15ClO3/c1-2-12-7-8-14-13(10-18(20)22-17(14)9-12)11-21-16-6-4-3-5-15(16)19/h3-10H,2,11H2,1H3. The quantitative estimate of drug-likeness (QED) is 0.661. The number of para-hydroxylation sites is 1. The first kappa shape index (κ1) is 14.7. The predicted octanol–water partition coefficient (Wildman–Crippen LogP) is 4.59. The number of hydrogen-bond donors (Lipinski definition) is 0. The Labute approximate surface area is 133 Å². The molecule has 22 heavy (non-hydrogen) atoms. The van der Waals surface area contributed by atoms with Gasteiger partial charge < -0.3 is 9.15 Å². The van der Waals surface area contributed by atoms with Crippen LogP contribution in [0.3, 0.4) is 0 Å². The molecule has 0 aliphatic heterocycles. The lowest BCUT2D eigenvalue weighted by molar-refractivity contribution is 0.307. The number of halogens is 1. The van der Waals surface area contributed by atoms with Gasteiger partial charge in [0.05, 0.1) is 5.02 Å². The van der Waals surface area contributed by atoms with Crippen LogP contribution in [0.15, 0.2) is 57.7 Å². The summed E-state index contributed by atoms with van der Waals surface area (Å²) in [7, 11) is 0. The molecule has 0 spiro atoms. The Morgan fingerprint density at radius 1 is 1.14 bits per heavy atom. The molecule has 112 valence electrons. The van der Waals surface area contributed by atoms with Gasteiger partial charge in [-0.25, -0.2) is 4.79 Å². The molecule has 4 heteroatoms. The molecular weight excluding hydrogens is 300 g/mol. The minimum atomic E-state index is -0.376. The molecule has 3 aromatic rings. The minimum Gasteiger partial charge on any atom is -0.487 e. The topological polar surface area (TPSA) is 39.4 Å². The minimum absolute atomic E-state index is 0.261. The summed E-state index contributed by atoms with van der Waals surface area (Å²) in [6.07, 6.45) is 0.889. The van der Waals surface area contributed by atoms with Gasteiger partial charge in [-0.05, 0) is 30.2 Å². The number of benzene rings is 2. The highest BCUT2D eigenvalue weighted by molar-refractivity contribution is 6.32. The summed E-state index contributed by atoms with van der Waals surface area (Å²) in [6, 6.07) is 14.6. The molecule has 2 aromatic carbocycles. The van der Waals surface area contributed by atoms with Crippen molar-refractivity contribution in [3.8, 4) is 5.75 Å². The zero-order valence-corrected chi connectivity index (χ0v) is 12.9. The Morgan fingerprint density at radius 3 is 2.73 bits per heavy atom. The van der Waals surface area contributed by atoms with E-state index in [2.05, 4.69) is 6.92 Å². The maximum Gasteiger partial charge on any atom is 0.336 e. The molecular formula is C18H15ClO3. The van der Waals surface area contributed by atoms with Crippen LogP contribution >= 0.6 is 11.6 Å². The van der Waals surface area contributed by atoms with Crippen LogP contribution in [0.25, 0.3) is 11.0 Å². The smallest absolute Gasteiger partial charge is 0.336 e. The van der Waals surface area contributed by atoms with Crippen LogP contribution in [0.5, 0.6) is 5.75 Å². The number of hydrogen-bond acceptors (Lipinski definition) is 3. The van der Waals surface area contributed by atoms with E-state index >= 15 is 0 Å². The van der Waals surface area contributed by atoms with E-state index in [0.717, 1.165) is 22.9 Å². The van der Waals surface area contributed by atoms with E-state index in [0.29, 0.717) is 16.4 Å². The Bertz CT molecular complexity index is 868. The molecule has 0 aliphatic rings. The zero-order chi connectivity index (χ0) is 15.5. The fourth-order valence-corrected chi connectivity index (χ4v) is 2.52. The summed E-state index contributed by atoms with van der Waals surface area (Å²) in [5.41, 5.74) is 2.12. The van der Waals surface area contributed by atoms with Gasteiger partial charge in [0.15, 0.2) is 0 Å². The third kappa shape index (κ3) is 3.00. The van der Waals surface area contributed by atoms with Crippen molar-refractivity contribution in [2.75, 3.05) is 0 Å². The average molecular weight is 315 g/mol. The van der Waals surface area contributed by atoms with Crippen LogP contribution in [0.2, 0.25) is 5.02 Å². The molecule has 3 rings (SSSR count). The highest BCUT2D eigenvalue weighted by Crippen LogP contribution is 2.25. The van der Waals surface area contributed by atoms with Crippen LogP contribution in [0.1, 0.15) is 18.1 Å². The van der Waals surface area contributed by atoms with E-state index in [1.807, 2.05) is 30.3 Å². The van der Waals surface area contributed by atoms with Crippen LogP contribution in [0.4, 0.5) is 0 Å². The Kier molecular flexibility index (Phi) is 4.16. The van der Waals surface area contributed by atoms with Crippen LogP contribution in [0, 0.1) is 0 Å². The van der Waals surface area contributed by atoms with Gasteiger partial charge in [-0.2, -0.15) is 0 Å².